The lowest BCUT2D eigenvalue weighted by Gasteiger charge is -2.45. The summed E-state index contributed by atoms with van der Waals surface area (Å²) < 4.78 is 10.6. The van der Waals surface area contributed by atoms with Crippen LogP contribution in [0.5, 0.6) is 11.5 Å². The number of ether oxygens (including phenoxy) is 2. The lowest BCUT2D eigenvalue weighted by molar-refractivity contribution is -0.304. The summed E-state index contributed by atoms with van der Waals surface area (Å²) in [7, 11) is 0. The summed E-state index contributed by atoms with van der Waals surface area (Å²) in [6.07, 6.45) is -1.17. The summed E-state index contributed by atoms with van der Waals surface area (Å²) in [5.74, 6) is -1.12. The monoisotopic (exact) mass is 442 g/mol. The van der Waals surface area contributed by atoms with E-state index < -0.39 is 36.2 Å². The van der Waals surface area contributed by atoms with Gasteiger partial charge in [0.2, 0.25) is 0 Å². The van der Waals surface area contributed by atoms with Crippen molar-refractivity contribution in [2.45, 2.75) is 43.0 Å². The van der Waals surface area contributed by atoms with Crippen molar-refractivity contribution in [2.75, 3.05) is 0 Å². The molecule has 0 bridgehead atoms. The van der Waals surface area contributed by atoms with Crippen LogP contribution >= 0.6 is 0 Å². The number of phenols is 1. The summed E-state index contributed by atoms with van der Waals surface area (Å²) in [5, 5.41) is 49.1. The maximum Gasteiger partial charge on any atom is 0.336 e. The number of benzene rings is 2. The quantitative estimate of drug-likeness (QED) is 0.411. The first-order chi connectivity index (χ1) is 15.1. The van der Waals surface area contributed by atoms with Gasteiger partial charge in [0, 0.05) is 5.92 Å². The Morgan fingerprint density at radius 3 is 2.34 bits per heavy atom. The molecule has 1 aliphatic heterocycles. The zero-order valence-electron chi connectivity index (χ0n) is 17.4. The van der Waals surface area contributed by atoms with Crippen LogP contribution in [0.4, 0.5) is 0 Å². The number of rotatable bonds is 7. The van der Waals surface area contributed by atoms with Crippen molar-refractivity contribution in [1.82, 2.24) is 0 Å². The molecule has 0 amide bonds. The normalized spacial score (nSPS) is 28.9. The number of carbonyl (C=O) groups is 1. The van der Waals surface area contributed by atoms with E-state index in [0.717, 1.165) is 11.1 Å². The molecule has 0 aromatic heterocycles. The number of carboxylic acid groups (broad SMARTS) is 1. The molecule has 0 saturated carbocycles. The van der Waals surface area contributed by atoms with Gasteiger partial charge in [-0.1, -0.05) is 42.5 Å². The van der Waals surface area contributed by atoms with Crippen LogP contribution in [0.1, 0.15) is 24.0 Å². The molecule has 0 radical (unpaired) electrons. The fourth-order valence-corrected chi connectivity index (χ4v) is 3.47. The Kier molecular flexibility index (Phi) is 7.00. The maximum atomic E-state index is 11.5. The number of hydrogen-bond acceptors (Lipinski definition) is 7. The Morgan fingerprint density at radius 2 is 1.78 bits per heavy atom. The Bertz CT molecular complexity index is 964. The van der Waals surface area contributed by atoms with Gasteiger partial charge >= 0.3 is 5.97 Å². The fraction of sp³-hybridized carbons (Fsp3) is 0.292. The van der Waals surface area contributed by atoms with Crippen molar-refractivity contribution in [2.24, 2.45) is 0 Å². The van der Waals surface area contributed by atoms with Gasteiger partial charge in [-0.15, -0.1) is 6.58 Å². The van der Waals surface area contributed by atoms with Crippen LogP contribution in [0.3, 0.4) is 0 Å². The van der Waals surface area contributed by atoms with E-state index in [0.29, 0.717) is 0 Å². The van der Waals surface area contributed by atoms with Gasteiger partial charge in [0.25, 0.3) is 0 Å². The number of aliphatic carboxylic acids is 1. The van der Waals surface area contributed by atoms with Crippen LogP contribution in [-0.4, -0.2) is 61.7 Å². The fourth-order valence-electron chi connectivity index (χ4n) is 3.47. The Morgan fingerprint density at radius 1 is 1.16 bits per heavy atom. The molecule has 5 N–H and O–H groups in total. The predicted octanol–water partition coefficient (Wildman–Crippen LogP) is 2.04. The van der Waals surface area contributed by atoms with E-state index in [1.54, 1.807) is 54.6 Å². The van der Waals surface area contributed by atoms with Crippen LogP contribution < -0.4 is 4.74 Å². The van der Waals surface area contributed by atoms with Crippen LogP contribution in [0.15, 0.2) is 67.3 Å². The Balaban J connectivity index is 1.77. The van der Waals surface area contributed by atoms with Crippen molar-refractivity contribution >= 4 is 12.0 Å². The van der Waals surface area contributed by atoms with Gasteiger partial charge in [0.1, 0.15) is 23.2 Å². The molecule has 6 atom stereocenters. The highest BCUT2D eigenvalue weighted by atomic mass is 16.7. The van der Waals surface area contributed by atoms with Gasteiger partial charge in [-0.2, -0.15) is 0 Å². The maximum absolute atomic E-state index is 11.5. The second-order valence-corrected chi connectivity index (χ2v) is 7.78. The van der Waals surface area contributed by atoms with E-state index in [1.165, 1.54) is 6.92 Å². The van der Waals surface area contributed by atoms with Gasteiger partial charge in [-0.3, -0.25) is 0 Å². The van der Waals surface area contributed by atoms with Gasteiger partial charge in [0.05, 0.1) is 0 Å². The third-order valence-electron chi connectivity index (χ3n) is 5.42. The number of phenolic OH excluding ortho intramolecular Hbond substituents is 1. The second kappa shape index (κ2) is 9.54. The SMILES string of the molecule is C=CC(C=Cc1ccc(O)cc1)c1ccc(OC2C(C(=O)O)OC(O)C(O)C2(C)O)cc1. The third kappa shape index (κ3) is 5.00. The van der Waals surface area contributed by atoms with Gasteiger partial charge in [-0.25, -0.2) is 4.79 Å². The molecule has 1 saturated heterocycles. The standard InChI is InChI=1S/C24H26O8/c1-3-15(7-4-14-5-10-17(25)11-6-14)16-8-12-18(13-9-16)31-21-19(22(27)28)32-23(29)20(26)24(21,2)30/h3-13,15,19-21,23,25-26,29-30H,1H2,2H3,(H,27,28). The average molecular weight is 442 g/mol. The molecule has 2 aromatic rings. The van der Waals surface area contributed by atoms with E-state index >= 15 is 0 Å². The summed E-state index contributed by atoms with van der Waals surface area (Å²) >= 11 is 0. The molecule has 2 aromatic carbocycles. The molecular formula is C24H26O8. The predicted molar refractivity (Wildman–Crippen MR) is 116 cm³/mol. The molecule has 32 heavy (non-hydrogen) atoms. The molecule has 0 spiro atoms. The third-order valence-corrected chi connectivity index (χ3v) is 5.42. The zero-order chi connectivity index (χ0) is 23.5. The lowest BCUT2D eigenvalue weighted by atomic mass is 9.85. The number of aliphatic hydroxyl groups is 3. The largest absolute Gasteiger partial charge is 0.508 e. The Hall–Kier alpha value is -3.17. The van der Waals surface area contributed by atoms with Gasteiger partial charge in [0.15, 0.2) is 18.5 Å². The highest BCUT2D eigenvalue weighted by Crippen LogP contribution is 2.33. The van der Waals surface area contributed by atoms with E-state index in [-0.39, 0.29) is 17.4 Å². The first-order valence-corrected chi connectivity index (χ1v) is 9.96. The first-order valence-electron chi connectivity index (χ1n) is 9.96. The number of aliphatic hydroxyl groups excluding tert-OH is 2. The Labute approximate surface area is 185 Å². The molecule has 3 rings (SSSR count). The van der Waals surface area contributed by atoms with Crippen molar-refractivity contribution < 1.29 is 39.8 Å². The highest BCUT2D eigenvalue weighted by Gasteiger charge is 2.56. The molecular weight excluding hydrogens is 416 g/mol. The minimum atomic E-state index is -2.07. The molecule has 8 nitrogen and oxygen atoms in total. The van der Waals surface area contributed by atoms with Gasteiger partial charge < -0.3 is 35.0 Å². The minimum absolute atomic E-state index is 0.122. The molecule has 1 fully saturated rings. The number of aromatic hydroxyl groups is 1. The lowest BCUT2D eigenvalue weighted by Crippen LogP contribution is -2.68. The topological polar surface area (TPSA) is 137 Å². The zero-order valence-corrected chi connectivity index (χ0v) is 17.4. The minimum Gasteiger partial charge on any atom is -0.508 e. The molecule has 6 unspecified atom stereocenters. The van der Waals surface area contributed by atoms with Crippen molar-refractivity contribution in [3.8, 4) is 11.5 Å². The molecule has 0 aliphatic carbocycles. The van der Waals surface area contributed by atoms with E-state index in [1.807, 2.05) is 12.2 Å². The van der Waals surface area contributed by atoms with Crippen LogP contribution in [0, 0.1) is 0 Å². The second-order valence-electron chi connectivity index (χ2n) is 7.78. The highest BCUT2D eigenvalue weighted by molar-refractivity contribution is 5.73. The van der Waals surface area contributed by atoms with E-state index in [9.17, 15) is 30.3 Å². The molecule has 1 aliphatic rings. The summed E-state index contributed by atoms with van der Waals surface area (Å²) in [5.41, 5.74) is -0.274. The van der Waals surface area contributed by atoms with Crippen molar-refractivity contribution in [1.29, 1.82) is 0 Å². The smallest absolute Gasteiger partial charge is 0.336 e. The van der Waals surface area contributed by atoms with Crippen molar-refractivity contribution in [3.63, 3.8) is 0 Å². The van der Waals surface area contributed by atoms with E-state index in [4.69, 9.17) is 9.47 Å². The van der Waals surface area contributed by atoms with Crippen LogP contribution in [0.2, 0.25) is 0 Å². The van der Waals surface area contributed by atoms with Gasteiger partial charge in [-0.05, 0) is 42.3 Å². The number of hydrogen-bond donors (Lipinski definition) is 5. The number of carboxylic acids is 1. The summed E-state index contributed by atoms with van der Waals surface area (Å²) in [4.78, 5) is 11.5. The summed E-state index contributed by atoms with van der Waals surface area (Å²) in [6, 6.07) is 13.5. The van der Waals surface area contributed by atoms with Crippen LogP contribution in [-0.2, 0) is 9.53 Å². The molecule has 170 valence electrons. The molecule has 8 heteroatoms. The van der Waals surface area contributed by atoms with E-state index in [2.05, 4.69) is 6.58 Å². The first kappa shape index (κ1) is 23.5. The number of allylic oxidation sites excluding steroid dienone is 2. The molecule has 1 heterocycles. The van der Waals surface area contributed by atoms with Crippen LogP contribution in [0.25, 0.3) is 6.08 Å². The summed E-state index contributed by atoms with van der Waals surface area (Å²) in [6.45, 7) is 5.04. The average Bonchev–Trinajstić information content (AvgIpc) is 2.76. The van der Waals surface area contributed by atoms with Crippen molar-refractivity contribution in [3.05, 3.63) is 78.4 Å².